The highest BCUT2D eigenvalue weighted by molar-refractivity contribution is 9.10. The Kier molecular flexibility index (Phi) is 4.62. The highest BCUT2D eigenvalue weighted by Gasteiger charge is 2.15. The van der Waals surface area contributed by atoms with Gasteiger partial charge in [-0.15, -0.1) is 0 Å². The Morgan fingerprint density at radius 1 is 1.20 bits per heavy atom. The zero-order chi connectivity index (χ0) is 14.7. The molecule has 1 atom stereocenters. The highest BCUT2D eigenvalue weighted by atomic mass is 79.9. The Labute approximate surface area is 125 Å². The Bertz CT molecular complexity index is 597. The second-order valence-electron chi connectivity index (χ2n) is 4.37. The lowest BCUT2D eigenvalue weighted by atomic mass is 10.1. The molecule has 0 aromatic heterocycles. The number of benzene rings is 2. The highest BCUT2D eigenvalue weighted by Crippen LogP contribution is 2.36. The molecule has 3 nitrogen and oxygen atoms in total. The lowest BCUT2D eigenvalue weighted by Gasteiger charge is -2.17. The summed E-state index contributed by atoms with van der Waals surface area (Å²) >= 11 is 3.23. The van der Waals surface area contributed by atoms with Gasteiger partial charge >= 0.3 is 0 Å². The second kappa shape index (κ2) is 6.24. The van der Waals surface area contributed by atoms with Crippen molar-refractivity contribution in [2.45, 2.75) is 13.0 Å². The third-order valence-corrected chi connectivity index (χ3v) is 3.22. The van der Waals surface area contributed by atoms with E-state index in [2.05, 4.69) is 15.9 Å². The molecule has 0 unspecified atom stereocenters. The van der Waals surface area contributed by atoms with Gasteiger partial charge in [-0.05, 0) is 31.2 Å². The van der Waals surface area contributed by atoms with Gasteiger partial charge < -0.3 is 15.2 Å². The maximum atomic E-state index is 13.4. The van der Waals surface area contributed by atoms with E-state index in [1.807, 2.05) is 13.0 Å². The number of methoxy groups -OCH3 is 1. The van der Waals surface area contributed by atoms with E-state index in [0.29, 0.717) is 21.7 Å². The van der Waals surface area contributed by atoms with Crippen molar-refractivity contribution in [1.82, 2.24) is 0 Å². The molecule has 5 heteroatoms. The molecule has 2 N–H and O–H groups in total. The molecular formula is C15H15BrFNO2. The van der Waals surface area contributed by atoms with Crippen LogP contribution in [-0.2, 0) is 0 Å². The summed E-state index contributed by atoms with van der Waals surface area (Å²) in [6.45, 7) is 1.84. The molecule has 0 radical (unpaired) electrons. The van der Waals surface area contributed by atoms with Crippen LogP contribution in [-0.4, -0.2) is 7.11 Å². The average molecular weight is 340 g/mol. The molecule has 0 spiro atoms. The van der Waals surface area contributed by atoms with Crippen molar-refractivity contribution in [3.63, 3.8) is 0 Å². The van der Waals surface area contributed by atoms with Crippen molar-refractivity contribution < 1.29 is 13.9 Å². The van der Waals surface area contributed by atoms with Gasteiger partial charge in [0.15, 0.2) is 0 Å². The molecule has 0 bridgehead atoms. The molecule has 0 amide bonds. The van der Waals surface area contributed by atoms with Gasteiger partial charge in [0.05, 0.1) is 12.7 Å². The zero-order valence-electron chi connectivity index (χ0n) is 11.2. The first-order valence-corrected chi connectivity index (χ1v) is 6.87. The molecule has 0 aliphatic carbocycles. The van der Waals surface area contributed by atoms with Crippen LogP contribution in [0, 0.1) is 5.82 Å². The van der Waals surface area contributed by atoms with E-state index >= 15 is 0 Å². The molecule has 2 aromatic rings. The van der Waals surface area contributed by atoms with Crippen molar-refractivity contribution in [2.75, 3.05) is 7.11 Å². The zero-order valence-corrected chi connectivity index (χ0v) is 12.8. The summed E-state index contributed by atoms with van der Waals surface area (Å²) in [4.78, 5) is 0. The third kappa shape index (κ3) is 3.29. The van der Waals surface area contributed by atoms with Gasteiger partial charge in [-0.1, -0.05) is 22.0 Å². The Balaban J connectivity index is 2.42. The van der Waals surface area contributed by atoms with E-state index in [0.717, 1.165) is 5.56 Å². The standard InChI is InChI=1S/C15H15BrFNO2/c1-9(18)15-13(19-2)4-3-5-14(15)20-12-7-10(16)6-11(17)8-12/h3-9H,18H2,1-2H3/t9-/m0/s1. The fraction of sp³-hybridized carbons (Fsp3) is 0.200. The minimum atomic E-state index is -0.375. The predicted molar refractivity (Wildman–Crippen MR) is 79.8 cm³/mol. The maximum Gasteiger partial charge on any atom is 0.135 e. The molecule has 106 valence electrons. The SMILES string of the molecule is COc1cccc(Oc2cc(F)cc(Br)c2)c1[C@H](C)N. The van der Waals surface area contributed by atoms with Crippen LogP contribution in [0.4, 0.5) is 4.39 Å². The van der Waals surface area contributed by atoms with Crippen LogP contribution >= 0.6 is 15.9 Å². The van der Waals surface area contributed by atoms with Gasteiger partial charge in [0.2, 0.25) is 0 Å². The van der Waals surface area contributed by atoms with E-state index in [1.165, 1.54) is 12.1 Å². The van der Waals surface area contributed by atoms with Crippen LogP contribution in [0.25, 0.3) is 0 Å². The molecule has 0 heterocycles. The number of hydrogen-bond donors (Lipinski definition) is 1. The summed E-state index contributed by atoms with van der Waals surface area (Å²) in [5.74, 6) is 1.22. The molecule has 0 aliphatic heterocycles. The van der Waals surface area contributed by atoms with Gasteiger partial charge in [-0.2, -0.15) is 0 Å². The fourth-order valence-corrected chi connectivity index (χ4v) is 2.40. The summed E-state index contributed by atoms with van der Waals surface area (Å²) in [6.07, 6.45) is 0. The molecule has 0 saturated carbocycles. The molecule has 0 saturated heterocycles. The van der Waals surface area contributed by atoms with Crippen LogP contribution in [0.1, 0.15) is 18.5 Å². The van der Waals surface area contributed by atoms with Crippen LogP contribution in [0.5, 0.6) is 17.2 Å². The molecular weight excluding hydrogens is 325 g/mol. The topological polar surface area (TPSA) is 44.5 Å². The summed E-state index contributed by atoms with van der Waals surface area (Å²) in [5.41, 5.74) is 6.71. The quantitative estimate of drug-likeness (QED) is 0.897. The average Bonchev–Trinajstić information content (AvgIpc) is 2.36. The molecule has 0 fully saturated rings. The molecule has 20 heavy (non-hydrogen) atoms. The fourth-order valence-electron chi connectivity index (χ4n) is 1.95. The van der Waals surface area contributed by atoms with Gasteiger partial charge in [0, 0.05) is 16.6 Å². The van der Waals surface area contributed by atoms with Crippen molar-refractivity contribution in [2.24, 2.45) is 5.73 Å². The van der Waals surface area contributed by atoms with E-state index < -0.39 is 0 Å². The van der Waals surface area contributed by atoms with Gasteiger partial charge in [-0.25, -0.2) is 4.39 Å². The summed E-state index contributed by atoms with van der Waals surface area (Å²) in [5, 5.41) is 0. The second-order valence-corrected chi connectivity index (χ2v) is 5.28. The first-order valence-electron chi connectivity index (χ1n) is 6.07. The van der Waals surface area contributed by atoms with Gasteiger partial charge in [0.25, 0.3) is 0 Å². The summed E-state index contributed by atoms with van der Waals surface area (Å²) in [6, 6.07) is 9.49. The smallest absolute Gasteiger partial charge is 0.135 e. The van der Waals surface area contributed by atoms with Crippen LogP contribution in [0.15, 0.2) is 40.9 Å². The van der Waals surface area contributed by atoms with Crippen molar-refractivity contribution in [3.05, 3.63) is 52.3 Å². The first-order chi connectivity index (χ1) is 9.51. The first kappa shape index (κ1) is 14.8. The van der Waals surface area contributed by atoms with E-state index in [-0.39, 0.29) is 11.9 Å². The van der Waals surface area contributed by atoms with E-state index in [1.54, 1.807) is 25.3 Å². The lowest BCUT2D eigenvalue weighted by Crippen LogP contribution is -2.08. The monoisotopic (exact) mass is 339 g/mol. The van der Waals surface area contributed by atoms with E-state index in [4.69, 9.17) is 15.2 Å². The predicted octanol–water partition coefficient (Wildman–Crippen LogP) is 4.41. The Hall–Kier alpha value is -1.59. The van der Waals surface area contributed by atoms with Crippen LogP contribution in [0.3, 0.4) is 0 Å². The minimum absolute atomic E-state index is 0.266. The Morgan fingerprint density at radius 2 is 1.90 bits per heavy atom. The lowest BCUT2D eigenvalue weighted by molar-refractivity contribution is 0.397. The third-order valence-electron chi connectivity index (χ3n) is 2.77. The maximum absolute atomic E-state index is 13.4. The van der Waals surface area contributed by atoms with Gasteiger partial charge in [-0.3, -0.25) is 0 Å². The van der Waals surface area contributed by atoms with E-state index in [9.17, 15) is 4.39 Å². The number of rotatable bonds is 4. The van der Waals surface area contributed by atoms with Crippen molar-refractivity contribution >= 4 is 15.9 Å². The summed E-state index contributed by atoms with van der Waals surface area (Å²) in [7, 11) is 1.57. The molecule has 2 rings (SSSR count). The number of hydrogen-bond acceptors (Lipinski definition) is 3. The van der Waals surface area contributed by atoms with Crippen molar-refractivity contribution in [3.8, 4) is 17.2 Å². The number of halogens is 2. The normalized spacial score (nSPS) is 12.1. The molecule has 2 aromatic carbocycles. The van der Waals surface area contributed by atoms with Crippen LogP contribution < -0.4 is 15.2 Å². The molecule has 0 aliphatic rings. The summed E-state index contributed by atoms with van der Waals surface area (Å²) < 4.78 is 25.0. The van der Waals surface area contributed by atoms with Gasteiger partial charge in [0.1, 0.15) is 23.1 Å². The van der Waals surface area contributed by atoms with Crippen LogP contribution in [0.2, 0.25) is 0 Å². The number of nitrogens with two attached hydrogens (primary N) is 1. The van der Waals surface area contributed by atoms with Crippen molar-refractivity contribution in [1.29, 1.82) is 0 Å². The Morgan fingerprint density at radius 3 is 2.50 bits per heavy atom. The minimum Gasteiger partial charge on any atom is -0.496 e. The number of ether oxygens (including phenoxy) is 2. The largest absolute Gasteiger partial charge is 0.496 e.